The molecule has 3 nitrogen and oxygen atoms in total. The molecule has 1 heterocycles. The van der Waals surface area contributed by atoms with Crippen LogP contribution in [0.2, 0.25) is 0 Å². The summed E-state index contributed by atoms with van der Waals surface area (Å²) in [6.45, 7) is 1.00. The molecule has 0 aromatic heterocycles. The van der Waals surface area contributed by atoms with Crippen molar-refractivity contribution in [2.45, 2.75) is 6.42 Å². The molecule has 0 amide bonds. The number of halogens is 2. The molecule has 0 saturated carbocycles. The van der Waals surface area contributed by atoms with Crippen LogP contribution in [0.25, 0.3) is 0 Å². The Bertz CT molecular complexity index is 623. The van der Waals surface area contributed by atoms with Crippen LogP contribution in [-0.2, 0) is 0 Å². The average Bonchev–Trinajstić information content (AvgIpc) is 2.61. The Kier molecular flexibility index (Phi) is 3.18. The van der Waals surface area contributed by atoms with Crippen LogP contribution >= 0.6 is 0 Å². The van der Waals surface area contributed by atoms with Gasteiger partial charge in [0.1, 0.15) is 11.4 Å². The van der Waals surface area contributed by atoms with E-state index < -0.39 is 11.6 Å². The van der Waals surface area contributed by atoms with Gasteiger partial charge in [-0.25, -0.2) is 8.78 Å². The summed E-state index contributed by atoms with van der Waals surface area (Å²) in [5.41, 5.74) is 6.11. The molecule has 1 aliphatic heterocycles. The fraction of sp³-hybridized carbons (Fsp3) is 0.200. The molecule has 0 unspecified atom stereocenters. The second-order valence-electron chi connectivity index (χ2n) is 4.65. The van der Waals surface area contributed by atoms with Crippen LogP contribution in [0.1, 0.15) is 6.42 Å². The smallest absolute Gasteiger partial charge is 0.151 e. The van der Waals surface area contributed by atoms with Crippen molar-refractivity contribution < 1.29 is 13.5 Å². The minimum Gasteiger partial charge on any atom is -0.491 e. The maximum atomic E-state index is 14.1. The molecule has 104 valence electrons. The molecule has 0 bridgehead atoms. The van der Waals surface area contributed by atoms with Crippen LogP contribution in [0.3, 0.4) is 0 Å². The average molecular weight is 276 g/mol. The lowest BCUT2D eigenvalue weighted by molar-refractivity contribution is 0.322. The number of fused-ring (bicyclic) bond motifs is 1. The summed E-state index contributed by atoms with van der Waals surface area (Å²) in [6, 6.07) is 9.49. The molecule has 0 fully saturated rings. The molecule has 2 N–H and O–H groups in total. The number of benzene rings is 2. The Morgan fingerprint density at radius 3 is 2.55 bits per heavy atom. The number of para-hydroxylation sites is 2. The lowest BCUT2D eigenvalue weighted by atomic mass is 10.2. The summed E-state index contributed by atoms with van der Waals surface area (Å²) >= 11 is 0. The third kappa shape index (κ3) is 2.15. The van der Waals surface area contributed by atoms with Crippen LogP contribution in [-0.4, -0.2) is 13.2 Å². The molecule has 5 heteroatoms. The predicted molar refractivity (Wildman–Crippen MR) is 74.3 cm³/mol. The summed E-state index contributed by atoms with van der Waals surface area (Å²) < 4.78 is 33.8. The maximum absolute atomic E-state index is 14.1. The molecule has 0 aliphatic carbocycles. The van der Waals surface area contributed by atoms with E-state index in [9.17, 15) is 8.78 Å². The molecule has 1 aliphatic rings. The lowest BCUT2D eigenvalue weighted by Crippen LogP contribution is -2.20. The zero-order valence-electron chi connectivity index (χ0n) is 10.8. The van der Waals surface area contributed by atoms with Gasteiger partial charge in [0.15, 0.2) is 11.6 Å². The molecular weight excluding hydrogens is 262 g/mol. The van der Waals surface area contributed by atoms with Crippen molar-refractivity contribution in [3.8, 4) is 5.75 Å². The summed E-state index contributed by atoms with van der Waals surface area (Å²) in [5, 5.41) is 0. The van der Waals surface area contributed by atoms with E-state index in [2.05, 4.69) is 0 Å². The molecule has 20 heavy (non-hydrogen) atoms. The van der Waals surface area contributed by atoms with Crippen molar-refractivity contribution in [1.29, 1.82) is 0 Å². The van der Waals surface area contributed by atoms with Crippen LogP contribution in [0.4, 0.5) is 25.8 Å². The van der Waals surface area contributed by atoms with Gasteiger partial charge >= 0.3 is 0 Å². The first-order valence-corrected chi connectivity index (χ1v) is 6.40. The second kappa shape index (κ2) is 5.00. The third-order valence-electron chi connectivity index (χ3n) is 3.25. The van der Waals surface area contributed by atoms with Gasteiger partial charge in [0.2, 0.25) is 0 Å². The maximum Gasteiger partial charge on any atom is 0.151 e. The first-order chi connectivity index (χ1) is 9.66. The minimum absolute atomic E-state index is 0.0723. The van der Waals surface area contributed by atoms with E-state index in [1.54, 1.807) is 17.0 Å². The minimum atomic E-state index is -0.667. The van der Waals surface area contributed by atoms with Gasteiger partial charge in [-0.2, -0.15) is 0 Å². The highest BCUT2D eigenvalue weighted by molar-refractivity contribution is 5.71. The highest BCUT2D eigenvalue weighted by Crippen LogP contribution is 2.38. The second-order valence-corrected chi connectivity index (χ2v) is 4.65. The fourth-order valence-corrected chi connectivity index (χ4v) is 2.40. The Morgan fingerprint density at radius 1 is 1.10 bits per heavy atom. The zero-order chi connectivity index (χ0) is 14.1. The number of hydrogen-bond acceptors (Lipinski definition) is 3. The predicted octanol–water partition coefficient (Wildman–Crippen LogP) is 3.47. The van der Waals surface area contributed by atoms with Gasteiger partial charge in [0, 0.05) is 12.2 Å². The molecular formula is C15H14F2N2O. The molecule has 0 atom stereocenters. The SMILES string of the molecule is Nc1cc(F)c(N2CCCOc3ccccc32)c(F)c1. The molecule has 2 aromatic rings. The van der Waals surface area contributed by atoms with E-state index in [1.807, 2.05) is 12.1 Å². The van der Waals surface area contributed by atoms with Crippen molar-refractivity contribution in [1.82, 2.24) is 0 Å². The normalized spacial score (nSPS) is 14.4. The summed E-state index contributed by atoms with van der Waals surface area (Å²) in [4.78, 5) is 1.60. The molecule has 0 saturated heterocycles. The van der Waals surface area contributed by atoms with Crippen LogP contribution in [0.15, 0.2) is 36.4 Å². The van der Waals surface area contributed by atoms with Crippen molar-refractivity contribution in [2.24, 2.45) is 0 Å². The molecule has 0 spiro atoms. The number of hydrogen-bond donors (Lipinski definition) is 1. The number of ether oxygens (including phenoxy) is 1. The van der Waals surface area contributed by atoms with E-state index in [-0.39, 0.29) is 11.4 Å². The molecule has 3 rings (SSSR count). The Hall–Kier alpha value is -2.30. The number of nitrogen functional groups attached to an aromatic ring is 1. The summed E-state index contributed by atoms with van der Waals surface area (Å²) in [5.74, 6) is -0.709. The Labute approximate surface area is 115 Å². The van der Waals surface area contributed by atoms with Gasteiger partial charge in [0.05, 0.1) is 12.3 Å². The van der Waals surface area contributed by atoms with E-state index in [0.717, 1.165) is 12.1 Å². The van der Waals surface area contributed by atoms with Crippen molar-refractivity contribution >= 4 is 17.1 Å². The van der Waals surface area contributed by atoms with Gasteiger partial charge in [-0.05, 0) is 30.7 Å². The van der Waals surface area contributed by atoms with Crippen LogP contribution in [0.5, 0.6) is 5.75 Å². The monoisotopic (exact) mass is 276 g/mol. The van der Waals surface area contributed by atoms with E-state index in [4.69, 9.17) is 10.5 Å². The third-order valence-corrected chi connectivity index (χ3v) is 3.25. The van der Waals surface area contributed by atoms with Gasteiger partial charge in [-0.1, -0.05) is 12.1 Å². The largest absolute Gasteiger partial charge is 0.491 e. The standard InChI is InChI=1S/C15H14F2N2O/c16-11-8-10(18)9-12(17)15(11)19-6-3-7-20-14-5-2-1-4-13(14)19/h1-2,4-5,8-9H,3,6-7,18H2. The topological polar surface area (TPSA) is 38.5 Å². The Balaban J connectivity index is 2.15. The number of rotatable bonds is 1. The molecule has 2 aromatic carbocycles. The summed E-state index contributed by atoms with van der Waals surface area (Å²) in [7, 11) is 0. The van der Waals surface area contributed by atoms with E-state index in [1.165, 1.54) is 0 Å². The number of nitrogens with two attached hydrogens (primary N) is 1. The highest BCUT2D eigenvalue weighted by Gasteiger charge is 2.23. The fourth-order valence-electron chi connectivity index (χ4n) is 2.40. The number of nitrogens with zero attached hydrogens (tertiary/aromatic N) is 1. The number of anilines is 3. The first kappa shape index (κ1) is 12.7. The highest BCUT2D eigenvalue weighted by atomic mass is 19.1. The first-order valence-electron chi connectivity index (χ1n) is 6.40. The van der Waals surface area contributed by atoms with Crippen LogP contribution in [0, 0.1) is 11.6 Å². The van der Waals surface area contributed by atoms with Crippen molar-refractivity contribution in [3.63, 3.8) is 0 Å². The van der Waals surface area contributed by atoms with E-state index >= 15 is 0 Å². The quantitative estimate of drug-likeness (QED) is 0.810. The Morgan fingerprint density at radius 2 is 1.80 bits per heavy atom. The van der Waals surface area contributed by atoms with Crippen LogP contribution < -0.4 is 15.4 Å². The summed E-state index contributed by atoms with van der Waals surface area (Å²) in [6.07, 6.45) is 0.679. The van der Waals surface area contributed by atoms with Gasteiger partial charge in [0.25, 0.3) is 0 Å². The van der Waals surface area contributed by atoms with Crippen molar-refractivity contribution in [2.75, 3.05) is 23.8 Å². The van der Waals surface area contributed by atoms with E-state index in [0.29, 0.717) is 31.0 Å². The molecule has 0 radical (unpaired) electrons. The zero-order valence-corrected chi connectivity index (χ0v) is 10.8. The van der Waals surface area contributed by atoms with Gasteiger partial charge in [-0.3, -0.25) is 0 Å². The lowest BCUT2D eigenvalue weighted by Gasteiger charge is -2.25. The van der Waals surface area contributed by atoms with Gasteiger partial charge in [-0.15, -0.1) is 0 Å². The van der Waals surface area contributed by atoms with Crippen molar-refractivity contribution in [3.05, 3.63) is 48.0 Å². The van der Waals surface area contributed by atoms with Gasteiger partial charge < -0.3 is 15.4 Å².